The summed E-state index contributed by atoms with van der Waals surface area (Å²) in [6.45, 7) is 3.37. The van der Waals surface area contributed by atoms with Crippen molar-refractivity contribution in [3.63, 3.8) is 0 Å². The maximum Gasteiger partial charge on any atom is 0.310 e. The lowest BCUT2D eigenvalue weighted by atomic mass is 10.1. The highest BCUT2D eigenvalue weighted by Gasteiger charge is 2.12. The van der Waals surface area contributed by atoms with E-state index in [-0.39, 0.29) is 5.97 Å². The summed E-state index contributed by atoms with van der Waals surface area (Å²) < 4.78 is 6.82. The maximum absolute atomic E-state index is 11.4. The first-order valence-corrected chi connectivity index (χ1v) is 6.01. The summed E-state index contributed by atoms with van der Waals surface area (Å²) in [5, 5.41) is 1.11. The molecule has 2 aromatic rings. The number of nitrogens with zero attached hydrogens (tertiary/aromatic N) is 1. The van der Waals surface area contributed by atoms with Crippen molar-refractivity contribution in [3.8, 4) is 0 Å². The lowest BCUT2D eigenvalue weighted by molar-refractivity contribution is -0.139. The molecule has 1 heterocycles. The molecule has 2 rings (SSSR count). The SMILES string of the molecule is COC(=O)Cc1cn(CCN)c2ccc(C)cc12. The molecule has 0 radical (unpaired) electrons. The van der Waals surface area contributed by atoms with Crippen molar-refractivity contribution in [1.29, 1.82) is 0 Å². The number of esters is 1. The number of aryl methyl sites for hydroxylation is 1. The molecule has 2 N–H and O–H groups in total. The summed E-state index contributed by atoms with van der Waals surface area (Å²) in [6.07, 6.45) is 2.29. The van der Waals surface area contributed by atoms with Crippen molar-refractivity contribution in [2.45, 2.75) is 19.9 Å². The molecule has 0 amide bonds. The molecule has 0 atom stereocenters. The third-order valence-electron chi connectivity index (χ3n) is 3.05. The van der Waals surface area contributed by atoms with E-state index < -0.39 is 0 Å². The van der Waals surface area contributed by atoms with Gasteiger partial charge in [0.25, 0.3) is 0 Å². The van der Waals surface area contributed by atoms with E-state index in [2.05, 4.69) is 22.8 Å². The van der Waals surface area contributed by atoms with E-state index in [4.69, 9.17) is 10.5 Å². The Kier molecular flexibility index (Phi) is 3.67. The number of hydrogen-bond acceptors (Lipinski definition) is 3. The zero-order valence-corrected chi connectivity index (χ0v) is 10.8. The summed E-state index contributed by atoms with van der Waals surface area (Å²) in [5.74, 6) is -0.219. The Labute approximate surface area is 106 Å². The van der Waals surface area contributed by atoms with Gasteiger partial charge in [-0.2, -0.15) is 0 Å². The van der Waals surface area contributed by atoms with Gasteiger partial charge in [-0.25, -0.2) is 0 Å². The molecule has 0 fully saturated rings. The lowest BCUT2D eigenvalue weighted by Gasteiger charge is -2.02. The molecule has 4 heteroatoms. The van der Waals surface area contributed by atoms with Crippen LogP contribution in [0.3, 0.4) is 0 Å². The number of carbonyl (C=O) groups excluding carboxylic acids is 1. The monoisotopic (exact) mass is 246 g/mol. The highest BCUT2D eigenvalue weighted by Crippen LogP contribution is 2.23. The van der Waals surface area contributed by atoms with Crippen LogP contribution in [0.25, 0.3) is 10.9 Å². The van der Waals surface area contributed by atoms with Gasteiger partial charge in [0.2, 0.25) is 0 Å². The molecule has 0 saturated carbocycles. The van der Waals surface area contributed by atoms with Crippen LogP contribution in [0.5, 0.6) is 0 Å². The van der Waals surface area contributed by atoms with E-state index >= 15 is 0 Å². The quantitative estimate of drug-likeness (QED) is 0.834. The fraction of sp³-hybridized carbons (Fsp3) is 0.357. The number of methoxy groups -OCH3 is 1. The highest BCUT2D eigenvalue weighted by molar-refractivity contribution is 5.88. The summed E-state index contributed by atoms with van der Waals surface area (Å²) in [6, 6.07) is 6.24. The minimum absolute atomic E-state index is 0.219. The second kappa shape index (κ2) is 5.23. The van der Waals surface area contributed by atoms with Gasteiger partial charge in [0.1, 0.15) is 0 Å². The van der Waals surface area contributed by atoms with Gasteiger partial charge in [0, 0.05) is 30.2 Å². The number of aromatic nitrogens is 1. The Balaban J connectivity index is 2.50. The largest absolute Gasteiger partial charge is 0.469 e. The van der Waals surface area contributed by atoms with Crippen molar-refractivity contribution in [3.05, 3.63) is 35.5 Å². The van der Waals surface area contributed by atoms with E-state index in [0.717, 1.165) is 23.0 Å². The Bertz CT molecular complexity index is 572. The average molecular weight is 246 g/mol. The molecule has 0 unspecified atom stereocenters. The smallest absolute Gasteiger partial charge is 0.310 e. The number of benzene rings is 1. The van der Waals surface area contributed by atoms with E-state index in [1.165, 1.54) is 12.7 Å². The lowest BCUT2D eigenvalue weighted by Crippen LogP contribution is -2.09. The number of hydrogen-bond donors (Lipinski definition) is 1. The molecular formula is C14H18N2O2. The Hall–Kier alpha value is -1.81. The summed E-state index contributed by atoms with van der Waals surface area (Å²) in [5.41, 5.74) is 8.90. The Morgan fingerprint density at radius 2 is 2.22 bits per heavy atom. The standard InChI is InChI=1S/C14H18N2O2/c1-10-3-4-13-12(7-10)11(8-14(17)18-2)9-16(13)6-5-15/h3-4,7,9H,5-6,8,15H2,1-2H3. The summed E-state index contributed by atoms with van der Waals surface area (Å²) >= 11 is 0. The van der Waals surface area contributed by atoms with Crippen molar-refractivity contribution in [2.24, 2.45) is 5.73 Å². The van der Waals surface area contributed by atoms with Gasteiger partial charge in [-0.1, -0.05) is 11.6 Å². The zero-order valence-electron chi connectivity index (χ0n) is 10.8. The molecule has 0 saturated heterocycles. The van der Waals surface area contributed by atoms with E-state index in [0.29, 0.717) is 13.0 Å². The molecule has 96 valence electrons. The van der Waals surface area contributed by atoms with Crippen molar-refractivity contribution in [2.75, 3.05) is 13.7 Å². The van der Waals surface area contributed by atoms with Gasteiger partial charge < -0.3 is 15.0 Å². The van der Waals surface area contributed by atoms with Crippen LogP contribution in [-0.4, -0.2) is 24.2 Å². The zero-order chi connectivity index (χ0) is 13.1. The molecule has 18 heavy (non-hydrogen) atoms. The first kappa shape index (κ1) is 12.6. The molecule has 0 spiro atoms. The van der Waals surface area contributed by atoms with Crippen LogP contribution in [0.15, 0.2) is 24.4 Å². The molecule has 0 aliphatic rings. The van der Waals surface area contributed by atoms with Crippen LogP contribution in [0.4, 0.5) is 0 Å². The average Bonchev–Trinajstić information content (AvgIpc) is 2.67. The van der Waals surface area contributed by atoms with E-state index in [1.807, 2.05) is 13.1 Å². The molecule has 1 aromatic carbocycles. The Morgan fingerprint density at radius 1 is 1.44 bits per heavy atom. The highest BCUT2D eigenvalue weighted by atomic mass is 16.5. The summed E-state index contributed by atoms with van der Waals surface area (Å²) in [4.78, 5) is 11.4. The van der Waals surface area contributed by atoms with Crippen molar-refractivity contribution < 1.29 is 9.53 Å². The first-order valence-electron chi connectivity index (χ1n) is 6.01. The van der Waals surface area contributed by atoms with Crippen LogP contribution >= 0.6 is 0 Å². The van der Waals surface area contributed by atoms with Crippen LogP contribution in [0.1, 0.15) is 11.1 Å². The molecule has 0 bridgehead atoms. The molecule has 0 aliphatic heterocycles. The van der Waals surface area contributed by atoms with Gasteiger partial charge in [-0.3, -0.25) is 4.79 Å². The second-order valence-corrected chi connectivity index (χ2v) is 4.41. The Morgan fingerprint density at radius 3 is 2.89 bits per heavy atom. The van der Waals surface area contributed by atoms with Crippen LogP contribution in [-0.2, 0) is 22.5 Å². The van der Waals surface area contributed by atoms with Crippen molar-refractivity contribution in [1.82, 2.24) is 4.57 Å². The minimum atomic E-state index is -0.219. The van der Waals surface area contributed by atoms with Crippen LogP contribution < -0.4 is 5.73 Å². The predicted molar refractivity (Wildman–Crippen MR) is 71.4 cm³/mol. The van der Waals surface area contributed by atoms with Crippen LogP contribution in [0, 0.1) is 6.92 Å². The topological polar surface area (TPSA) is 57.2 Å². The van der Waals surface area contributed by atoms with Crippen LogP contribution in [0.2, 0.25) is 0 Å². The third-order valence-corrected chi connectivity index (χ3v) is 3.05. The van der Waals surface area contributed by atoms with E-state index in [9.17, 15) is 4.79 Å². The first-order chi connectivity index (χ1) is 8.65. The number of nitrogens with two attached hydrogens (primary N) is 1. The molecule has 0 aliphatic carbocycles. The second-order valence-electron chi connectivity index (χ2n) is 4.41. The summed E-state index contributed by atoms with van der Waals surface area (Å²) in [7, 11) is 1.41. The van der Waals surface area contributed by atoms with Crippen molar-refractivity contribution >= 4 is 16.9 Å². The normalized spacial score (nSPS) is 10.8. The molecular weight excluding hydrogens is 228 g/mol. The van der Waals surface area contributed by atoms with E-state index in [1.54, 1.807) is 0 Å². The van der Waals surface area contributed by atoms with Gasteiger partial charge in [0.05, 0.1) is 13.5 Å². The third kappa shape index (κ3) is 2.38. The fourth-order valence-electron chi connectivity index (χ4n) is 2.18. The molecule has 1 aromatic heterocycles. The number of carbonyl (C=O) groups is 1. The van der Waals surface area contributed by atoms with Gasteiger partial charge >= 0.3 is 5.97 Å². The fourth-order valence-corrected chi connectivity index (χ4v) is 2.18. The maximum atomic E-state index is 11.4. The minimum Gasteiger partial charge on any atom is -0.469 e. The molecule has 4 nitrogen and oxygen atoms in total. The number of rotatable bonds is 4. The predicted octanol–water partition coefficient (Wildman–Crippen LogP) is 1.62. The van der Waals surface area contributed by atoms with Gasteiger partial charge in [-0.05, 0) is 24.6 Å². The number of ether oxygens (including phenoxy) is 1. The van der Waals surface area contributed by atoms with Gasteiger partial charge in [-0.15, -0.1) is 0 Å². The van der Waals surface area contributed by atoms with Gasteiger partial charge in [0.15, 0.2) is 0 Å². The number of fused-ring (bicyclic) bond motifs is 1.